The fraction of sp³-hybridized carbons (Fsp3) is 0.0800. The number of aromatic amines is 2. The van der Waals surface area contributed by atoms with Crippen molar-refractivity contribution >= 4 is 34.1 Å². The second kappa shape index (κ2) is 8.28. The maximum atomic E-state index is 12.3. The largest absolute Gasteiger partial charge is 0.352 e. The van der Waals surface area contributed by atoms with Crippen LogP contribution in [-0.4, -0.2) is 32.4 Å². The molecule has 5 aromatic rings. The van der Waals surface area contributed by atoms with Crippen LogP contribution in [0.4, 0.5) is 0 Å². The molecule has 6 heteroatoms. The van der Waals surface area contributed by atoms with Gasteiger partial charge in [-0.25, -0.2) is 9.97 Å². The number of H-pyrrole nitrogens is 2. The molecule has 6 nitrogen and oxygen atoms in total. The molecule has 0 bridgehead atoms. The van der Waals surface area contributed by atoms with E-state index in [1.54, 1.807) is 24.5 Å². The zero-order chi connectivity index (χ0) is 21.0. The van der Waals surface area contributed by atoms with E-state index >= 15 is 0 Å². The monoisotopic (exact) mass is 407 g/mol. The van der Waals surface area contributed by atoms with E-state index in [-0.39, 0.29) is 5.91 Å². The Morgan fingerprint density at radius 2 is 1.81 bits per heavy atom. The molecule has 1 amide bonds. The van der Waals surface area contributed by atoms with Crippen LogP contribution in [0.15, 0.2) is 79.4 Å². The van der Waals surface area contributed by atoms with Gasteiger partial charge in [-0.3, -0.25) is 4.79 Å². The van der Waals surface area contributed by atoms with Crippen LogP contribution in [-0.2, 0) is 11.2 Å². The molecule has 0 saturated carbocycles. The number of aromatic nitrogens is 4. The van der Waals surface area contributed by atoms with E-state index in [1.165, 1.54) is 0 Å². The summed E-state index contributed by atoms with van der Waals surface area (Å²) in [5.41, 5.74) is 5.93. The summed E-state index contributed by atoms with van der Waals surface area (Å²) in [7, 11) is 0. The van der Waals surface area contributed by atoms with Gasteiger partial charge in [0.1, 0.15) is 11.3 Å². The van der Waals surface area contributed by atoms with Gasteiger partial charge in [0.15, 0.2) is 0 Å². The molecule has 1 aromatic carbocycles. The fourth-order valence-electron chi connectivity index (χ4n) is 3.74. The van der Waals surface area contributed by atoms with Crippen LogP contribution in [0.1, 0.15) is 11.1 Å². The summed E-state index contributed by atoms with van der Waals surface area (Å²) < 4.78 is 0. The van der Waals surface area contributed by atoms with Crippen molar-refractivity contribution in [3.8, 4) is 11.1 Å². The zero-order valence-electron chi connectivity index (χ0n) is 16.8. The first-order valence-corrected chi connectivity index (χ1v) is 10.2. The number of fused-ring (bicyclic) bond motifs is 2. The Balaban J connectivity index is 1.25. The van der Waals surface area contributed by atoms with E-state index in [2.05, 4.69) is 37.4 Å². The number of hydrogen-bond donors (Lipinski definition) is 3. The maximum Gasteiger partial charge on any atom is 0.244 e. The van der Waals surface area contributed by atoms with Crippen molar-refractivity contribution in [3.05, 3.63) is 90.5 Å². The van der Waals surface area contributed by atoms with E-state index in [0.29, 0.717) is 6.54 Å². The highest BCUT2D eigenvalue weighted by Gasteiger charge is 2.08. The summed E-state index contributed by atoms with van der Waals surface area (Å²) >= 11 is 0. The minimum absolute atomic E-state index is 0.129. The molecule has 0 spiro atoms. The second-order valence-corrected chi connectivity index (χ2v) is 7.32. The highest BCUT2D eigenvalue weighted by Crippen LogP contribution is 2.28. The number of rotatable bonds is 6. The third-order valence-electron chi connectivity index (χ3n) is 5.29. The predicted molar refractivity (Wildman–Crippen MR) is 123 cm³/mol. The molecule has 0 saturated heterocycles. The second-order valence-electron chi connectivity index (χ2n) is 7.32. The van der Waals surface area contributed by atoms with E-state index in [1.807, 2.05) is 48.8 Å². The molecule has 4 aromatic heterocycles. The lowest BCUT2D eigenvalue weighted by atomic mass is 10.1. The summed E-state index contributed by atoms with van der Waals surface area (Å²) in [5, 5.41) is 5.06. The molecule has 0 aliphatic carbocycles. The Labute approximate surface area is 179 Å². The average molecular weight is 407 g/mol. The number of amides is 1. The van der Waals surface area contributed by atoms with Crippen molar-refractivity contribution in [2.24, 2.45) is 0 Å². The quantitative estimate of drug-likeness (QED) is 0.363. The molecule has 4 heterocycles. The van der Waals surface area contributed by atoms with E-state index in [4.69, 9.17) is 0 Å². The lowest BCUT2D eigenvalue weighted by molar-refractivity contribution is -0.116. The first-order chi connectivity index (χ1) is 15.3. The molecule has 0 atom stereocenters. The van der Waals surface area contributed by atoms with Gasteiger partial charge >= 0.3 is 0 Å². The van der Waals surface area contributed by atoms with Crippen molar-refractivity contribution in [1.82, 2.24) is 25.3 Å². The van der Waals surface area contributed by atoms with Gasteiger partial charge < -0.3 is 15.3 Å². The van der Waals surface area contributed by atoms with Gasteiger partial charge in [0.2, 0.25) is 5.91 Å². The standard InChI is InChI=1S/C25H21N5O/c31-23(26-12-10-19-15-29-24-20(19)7-4-11-27-24)9-8-17-13-21-22(16-30-25(21)28-14-17)18-5-2-1-3-6-18/h1-9,11,13-16H,10,12H2,(H,26,31)(H,27,29)(H,28,30)/b9-8+. The minimum atomic E-state index is -0.129. The summed E-state index contributed by atoms with van der Waals surface area (Å²) in [5.74, 6) is -0.129. The number of pyridine rings is 2. The average Bonchev–Trinajstić information content (AvgIpc) is 3.42. The molecule has 3 N–H and O–H groups in total. The summed E-state index contributed by atoms with van der Waals surface area (Å²) in [6.07, 6.45) is 11.5. The molecular weight excluding hydrogens is 386 g/mol. The molecule has 152 valence electrons. The van der Waals surface area contributed by atoms with Crippen molar-refractivity contribution in [2.75, 3.05) is 6.54 Å². The fourth-order valence-corrected chi connectivity index (χ4v) is 3.74. The Kier molecular flexibility index (Phi) is 5.02. The molecule has 0 aliphatic rings. The Hall–Kier alpha value is -4.19. The summed E-state index contributed by atoms with van der Waals surface area (Å²) in [6.45, 7) is 0.554. The van der Waals surface area contributed by atoms with Crippen LogP contribution in [0.2, 0.25) is 0 Å². The number of nitrogens with one attached hydrogen (secondary N) is 3. The molecule has 5 rings (SSSR count). The molecule has 0 aliphatic heterocycles. The Morgan fingerprint density at radius 1 is 0.968 bits per heavy atom. The smallest absolute Gasteiger partial charge is 0.244 e. The van der Waals surface area contributed by atoms with Gasteiger partial charge in [-0.15, -0.1) is 0 Å². The van der Waals surface area contributed by atoms with Crippen LogP contribution in [0.3, 0.4) is 0 Å². The number of carbonyl (C=O) groups is 1. The van der Waals surface area contributed by atoms with Crippen LogP contribution >= 0.6 is 0 Å². The van der Waals surface area contributed by atoms with Crippen LogP contribution in [0.5, 0.6) is 0 Å². The number of carbonyl (C=O) groups excluding carboxylic acids is 1. The Morgan fingerprint density at radius 3 is 2.71 bits per heavy atom. The van der Waals surface area contributed by atoms with Crippen molar-refractivity contribution in [1.29, 1.82) is 0 Å². The minimum Gasteiger partial charge on any atom is -0.352 e. The lowest BCUT2D eigenvalue weighted by Crippen LogP contribution is -2.23. The van der Waals surface area contributed by atoms with Gasteiger partial charge in [0.25, 0.3) is 0 Å². The molecular formula is C25H21N5O. The summed E-state index contributed by atoms with van der Waals surface area (Å²) in [6, 6.07) is 16.2. The van der Waals surface area contributed by atoms with Gasteiger partial charge in [-0.1, -0.05) is 30.3 Å². The van der Waals surface area contributed by atoms with Crippen LogP contribution < -0.4 is 5.32 Å². The normalized spacial score (nSPS) is 11.5. The molecule has 0 unspecified atom stereocenters. The van der Waals surface area contributed by atoms with Gasteiger partial charge in [-0.2, -0.15) is 0 Å². The first-order valence-electron chi connectivity index (χ1n) is 10.2. The van der Waals surface area contributed by atoms with Crippen molar-refractivity contribution < 1.29 is 4.79 Å². The van der Waals surface area contributed by atoms with Gasteiger partial charge in [-0.05, 0) is 47.4 Å². The number of benzene rings is 1. The van der Waals surface area contributed by atoms with Crippen molar-refractivity contribution in [2.45, 2.75) is 6.42 Å². The van der Waals surface area contributed by atoms with Crippen LogP contribution in [0.25, 0.3) is 39.3 Å². The van der Waals surface area contributed by atoms with Crippen molar-refractivity contribution in [3.63, 3.8) is 0 Å². The number of hydrogen-bond acceptors (Lipinski definition) is 3. The van der Waals surface area contributed by atoms with Gasteiger partial charge in [0, 0.05) is 53.7 Å². The predicted octanol–water partition coefficient (Wildman–Crippen LogP) is 4.48. The Bertz CT molecular complexity index is 1380. The van der Waals surface area contributed by atoms with E-state index in [0.717, 1.165) is 50.7 Å². The lowest BCUT2D eigenvalue weighted by Gasteiger charge is -2.02. The SMILES string of the molecule is O=C(/C=C/c1cnc2[nH]cc(-c3ccccc3)c2c1)NCCc1c[nH]c2ncccc12. The summed E-state index contributed by atoms with van der Waals surface area (Å²) in [4.78, 5) is 27.4. The highest BCUT2D eigenvalue weighted by molar-refractivity contribution is 5.96. The van der Waals surface area contributed by atoms with E-state index in [9.17, 15) is 4.79 Å². The molecule has 0 radical (unpaired) electrons. The topological polar surface area (TPSA) is 86.5 Å². The van der Waals surface area contributed by atoms with Gasteiger partial charge in [0.05, 0.1) is 0 Å². The third-order valence-corrected chi connectivity index (χ3v) is 5.29. The first kappa shape index (κ1) is 18.8. The maximum absolute atomic E-state index is 12.3. The zero-order valence-corrected chi connectivity index (χ0v) is 16.8. The van der Waals surface area contributed by atoms with Crippen LogP contribution in [0, 0.1) is 0 Å². The van der Waals surface area contributed by atoms with E-state index < -0.39 is 0 Å². The molecule has 31 heavy (non-hydrogen) atoms. The highest BCUT2D eigenvalue weighted by atomic mass is 16.1. The molecule has 0 fully saturated rings. The number of nitrogens with zero attached hydrogens (tertiary/aromatic N) is 2. The third kappa shape index (κ3) is 3.96.